The fraction of sp³-hybridized carbons (Fsp3) is 0.636. The van der Waals surface area contributed by atoms with Gasteiger partial charge < -0.3 is 9.84 Å². The SMILES string of the molecule is CCOC(=O)/C(Br)=C\C1C(C(=O)O)C1(C)C. The molecule has 1 fully saturated rings. The summed E-state index contributed by atoms with van der Waals surface area (Å²) < 4.78 is 5.10. The molecule has 2 unspecified atom stereocenters. The number of carboxylic acid groups (broad SMARTS) is 1. The quantitative estimate of drug-likeness (QED) is 0.637. The van der Waals surface area contributed by atoms with Gasteiger partial charge in [-0.25, -0.2) is 4.79 Å². The standard InChI is InChI=1S/C11H15BrO4/c1-4-16-10(15)7(12)5-6-8(9(13)14)11(6,2)3/h5-6,8H,4H2,1-3H3,(H,13,14)/b7-5+. The van der Waals surface area contributed by atoms with Gasteiger partial charge in [-0.15, -0.1) is 0 Å². The van der Waals surface area contributed by atoms with Gasteiger partial charge in [0.2, 0.25) is 0 Å². The molecule has 0 aromatic carbocycles. The van der Waals surface area contributed by atoms with Crippen molar-refractivity contribution in [3.63, 3.8) is 0 Å². The number of hydrogen-bond donors (Lipinski definition) is 1. The highest BCUT2D eigenvalue weighted by atomic mass is 79.9. The summed E-state index contributed by atoms with van der Waals surface area (Å²) in [5.74, 6) is -1.82. The number of carbonyl (C=O) groups is 2. The molecule has 0 saturated heterocycles. The van der Waals surface area contributed by atoms with Crippen molar-refractivity contribution in [3.05, 3.63) is 10.6 Å². The van der Waals surface area contributed by atoms with Gasteiger partial charge in [0.1, 0.15) is 0 Å². The second-order valence-corrected chi connectivity index (χ2v) is 5.25. The van der Waals surface area contributed by atoms with E-state index in [-0.39, 0.29) is 11.3 Å². The average Bonchev–Trinajstić information content (AvgIpc) is 2.68. The maximum atomic E-state index is 11.3. The van der Waals surface area contributed by atoms with Crippen LogP contribution in [0.1, 0.15) is 20.8 Å². The first-order valence-electron chi connectivity index (χ1n) is 5.09. The first-order chi connectivity index (χ1) is 7.32. The summed E-state index contributed by atoms with van der Waals surface area (Å²) in [6, 6.07) is 0. The lowest BCUT2D eigenvalue weighted by Gasteiger charge is -2.00. The van der Waals surface area contributed by atoms with Crippen LogP contribution in [0, 0.1) is 17.3 Å². The van der Waals surface area contributed by atoms with Crippen molar-refractivity contribution in [2.75, 3.05) is 6.61 Å². The third-order valence-corrected chi connectivity index (χ3v) is 3.56. The summed E-state index contributed by atoms with van der Waals surface area (Å²) in [6.07, 6.45) is 1.64. The zero-order valence-corrected chi connectivity index (χ0v) is 11.1. The lowest BCUT2D eigenvalue weighted by Crippen LogP contribution is -2.04. The number of carbonyl (C=O) groups excluding carboxylic acids is 1. The molecule has 0 aliphatic heterocycles. The Kier molecular flexibility index (Phi) is 3.78. The molecule has 2 atom stereocenters. The van der Waals surface area contributed by atoms with Crippen molar-refractivity contribution in [1.29, 1.82) is 0 Å². The van der Waals surface area contributed by atoms with Crippen LogP contribution < -0.4 is 0 Å². The molecule has 0 spiro atoms. The molecule has 0 aromatic heterocycles. The smallest absolute Gasteiger partial charge is 0.344 e. The van der Waals surface area contributed by atoms with E-state index in [0.29, 0.717) is 11.1 Å². The Morgan fingerprint density at radius 1 is 1.50 bits per heavy atom. The van der Waals surface area contributed by atoms with Crippen LogP contribution in [0.15, 0.2) is 10.6 Å². The molecule has 5 heteroatoms. The van der Waals surface area contributed by atoms with E-state index in [1.54, 1.807) is 13.0 Å². The van der Waals surface area contributed by atoms with E-state index in [4.69, 9.17) is 9.84 Å². The average molecular weight is 291 g/mol. The third-order valence-electron chi connectivity index (χ3n) is 2.97. The first kappa shape index (κ1) is 13.2. The summed E-state index contributed by atoms with van der Waals surface area (Å²) in [5, 5.41) is 8.95. The fourth-order valence-electron chi connectivity index (χ4n) is 1.89. The number of carboxylic acids is 1. The summed E-state index contributed by atoms with van der Waals surface area (Å²) in [7, 11) is 0. The zero-order chi connectivity index (χ0) is 12.5. The van der Waals surface area contributed by atoms with Gasteiger partial charge in [0.25, 0.3) is 0 Å². The molecule has 1 aliphatic rings. The van der Waals surface area contributed by atoms with Crippen molar-refractivity contribution in [1.82, 2.24) is 0 Å². The summed E-state index contributed by atoms with van der Waals surface area (Å²) >= 11 is 3.11. The lowest BCUT2D eigenvalue weighted by atomic mass is 10.1. The van der Waals surface area contributed by atoms with Crippen molar-refractivity contribution in [3.8, 4) is 0 Å². The van der Waals surface area contributed by atoms with Crippen LogP contribution in [0.2, 0.25) is 0 Å². The van der Waals surface area contributed by atoms with E-state index in [2.05, 4.69) is 15.9 Å². The molecule has 1 aliphatic carbocycles. The highest BCUT2D eigenvalue weighted by Gasteiger charge is 2.61. The van der Waals surface area contributed by atoms with Crippen LogP contribution >= 0.6 is 15.9 Å². The number of hydrogen-bond acceptors (Lipinski definition) is 3. The number of allylic oxidation sites excluding steroid dienone is 1. The topological polar surface area (TPSA) is 63.6 Å². The summed E-state index contributed by atoms with van der Waals surface area (Å²) in [6.45, 7) is 5.77. The van der Waals surface area contributed by atoms with Crippen LogP contribution in [-0.2, 0) is 14.3 Å². The van der Waals surface area contributed by atoms with Crippen LogP contribution in [0.25, 0.3) is 0 Å². The first-order valence-corrected chi connectivity index (χ1v) is 5.89. The Morgan fingerprint density at radius 2 is 2.06 bits per heavy atom. The van der Waals surface area contributed by atoms with Gasteiger partial charge >= 0.3 is 11.9 Å². The molecule has 16 heavy (non-hydrogen) atoms. The highest BCUT2D eigenvalue weighted by Crippen LogP contribution is 2.59. The molecule has 1 rings (SSSR count). The van der Waals surface area contributed by atoms with E-state index in [1.165, 1.54) is 0 Å². The number of aliphatic carboxylic acids is 1. The van der Waals surface area contributed by atoms with Gasteiger partial charge in [0.15, 0.2) is 0 Å². The molecule has 0 amide bonds. The molecule has 0 aromatic rings. The van der Waals surface area contributed by atoms with E-state index in [0.717, 1.165) is 0 Å². The zero-order valence-electron chi connectivity index (χ0n) is 9.49. The van der Waals surface area contributed by atoms with Crippen molar-refractivity contribution < 1.29 is 19.4 Å². The maximum absolute atomic E-state index is 11.3. The Bertz CT molecular complexity index is 346. The Hall–Kier alpha value is -0.840. The molecule has 0 bridgehead atoms. The van der Waals surface area contributed by atoms with Gasteiger partial charge in [0.05, 0.1) is 17.0 Å². The van der Waals surface area contributed by atoms with Crippen LogP contribution in [-0.4, -0.2) is 23.7 Å². The lowest BCUT2D eigenvalue weighted by molar-refractivity contribution is -0.140. The maximum Gasteiger partial charge on any atom is 0.344 e. The van der Waals surface area contributed by atoms with Crippen molar-refractivity contribution >= 4 is 27.9 Å². The normalized spacial score (nSPS) is 27.4. The monoisotopic (exact) mass is 290 g/mol. The molecule has 0 radical (unpaired) electrons. The number of esters is 1. The molecule has 1 saturated carbocycles. The van der Waals surface area contributed by atoms with Gasteiger partial charge in [-0.05, 0) is 34.2 Å². The van der Waals surface area contributed by atoms with Crippen molar-refractivity contribution in [2.24, 2.45) is 17.3 Å². The summed E-state index contributed by atoms with van der Waals surface area (Å²) in [4.78, 5) is 22.2. The highest BCUT2D eigenvalue weighted by molar-refractivity contribution is 9.12. The third kappa shape index (κ3) is 2.45. The van der Waals surface area contributed by atoms with E-state index in [1.807, 2.05) is 13.8 Å². The Balaban J connectivity index is 2.72. The minimum absolute atomic E-state index is 0.121. The minimum Gasteiger partial charge on any atom is -0.481 e. The predicted octanol–water partition coefficient (Wildman–Crippen LogP) is 2.19. The summed E-state index contributed by atoms with van der Waals surface area (Å²) in [5.41, 5.74) is -0.294. The van der Waals surface area contributed by atoms with Crippen molar-refractivity contribution in [2.45, 2.75) is 20.8 Å². The predicted molar refractivity (Wildman–Crippen MR) is 62.0 cm³/mol. The second-order valence-electron chi connectivity index (χ2n) is 4.40. The minimum atomic E-state index is -0.824. The van der Waals surface area contributed by atoms with Crippen LogP contribution in [0.5, 0.6) is 0 Å². The molecule has 1 N–H and O–H groups in total. The van der Waals surface area contributed by atoms with E-state index in [9.17, 15) is 9.59 Å². The van der Waals surface area contributed by atoms with Crippen LogP contribution in [0.3, 0.4) is 0 Å². The van der Waals surface area contributed by atoms with Gasteiger partial charge in [-0.3, -0.25) is 4.79 Å². The molecular formula is C11H15BrO4. The molecular weight excluding hydrogens is 276 g/mol. The van der Waals surface area contributed by atoms with Crippen LogP contribution in [0.4, 0.5) is 0 Å². The number of ether oxygens (including phenoxy) is 1. The largest absolute Gasteiger partial charge is 0.481 e. The van der Waals surface area contributed by atoms with Gasteiger partial charge in [-0.1, -0.05) is 19.9 Å². The molecule has 0 heterocycles. The van der Waals surface area contributed by atoms with Gasteiger partial charge in [-0.2, -0.15) is 0 Å². The number of halogens is 1. The second kappa shape index (κ2) is 4.57. The van der Waals surface area contributed by atoms with E-state index >= 15 is 0 Å². The van der Waals surface area contributed by atoms with Gasteiger partial charge in [0, 0.05) is 0 Å². The fourth-order valence-corrected chi connectivity index (χ4v) is 2.29. The van der Waals surface area contributed by atoms with E-state index < -0.39 is 17.9 Å². The molecule has 90 valence electrons. The Morgan fingerprint density at radius 3 is 2.44 bits per heavy atom. The Labute approximate surface area is 103 Å². The number of rotatable bonds is 4. The molecule has 4 nitrogen and oxygen atoms in total.